The maximum atomic E-state index is 11.4. The van der Waals surface area contributed by atoms with Crippen LogP contribution in [0.1, 0.15) is 0 Å². The fourth-order valence-electron chi connectivity index (χ4n) is 3.07. The zero-order chi connectivity index (χ0) is 31.6. The van der Waals surface area contributed by atoms with Crippen LogP contribution in [-0.4, -0.2) is 72.4 Å². The largest absolute Gasteiger partial charge is 0.490 e. The highest BCUT2D eigenvalue weighted by Gasteiger charge is 2.12. The molecule has 0 amide bonds. The molecule has 1 aromatic heterocycles. The second kappa shape index (κ2) is 18.7. The average molecular weight is 639 g/mol. The molecule has 0 aliphatic carbocycles. The molecule has 14 heteroatoms. The minimum atomic E-state index is -0.531. The summed E-state index contributed by atoms with van der Waals surface area (Å²) in [5.74, 6) is -0.131. The Hall–Kier alpha value is -4.82. The summed E-state index contributed by atoms with van der Waals surface area (Å²) >= 11 is 2.58. The van der Waals surface area contributed by atoms with Crippen LogP contribution >= 0.6 is 23.5 Å². The zero-order valence-electron chi connectivity index (χ0n) is 23.6. The number of rotatable bonds is 19. The Morgan fingerprint density at radius 1 is 0.659 bits per heavy atom. The summed E-state index contributed by atoms with van der Waals surface area (Å²) in [6, 6.07) is 14.6. The number of ether oxygens (including phenoxy) is 5. The lowest BCUT2D eigenvalue weighted by Gasteiger charge is -2.11. The summed E-state index contributed by atoms with van der Waals surface area (Å²) in [7, 11) is 0. The van der Waals surface area contributed by atoms with Crippen molar-refractivity contribution in [3.63, 3.8) is 0 Å². The molecule has 0 aliphatic rings. The summed E-state index contributed by atoms with van der Waals surface area (Å²) < 4.78 is 26.2. The molecule has 0 atom stereocenters. The minimum Gasteiger partial charge on any atom is -0.490 e. The van der Waals surface area contributed by atoms with Gasteiger partial charge in [-0.05, 0) is 59.9 Å². The van der Waals surface area contributed by atoms with Gasteiger partial charge in [-0.2, -0.15) is 15.0 Å². The molecule has 2 aromatic carbocycles. The lowest BCUT2D eigenvalue weighted by molar-refractivity contribution is -0.139. The first kappa shape index (κ1) is 33.7. The molecule has 3 rings (SSSR count). The van der Waals surface area contributed by atoms with E-state index in [1.54, 1.807) is 12.1 Å². The predicted molar refractivity (Wildman–Crippen MR) is 164 cm³/mol. The van der Waals surface area contributed by atoms with Crippen molar-refractivity contribution < 1.29 is 38.1 Å². The molecule has 1 N–H and O–H groups in total. The molecule has 1 heterocycles. The molecule has 0 spiro atoms. The second-order valence-corrected chi connectivity index (χ2v) is 10.2. The Morgan fingerprint density at radius 3 is 1.57 bits per heavy atom. The molecule has 3 aromatic rings. The van der Waals surface area contributed by atoms with Gasteiger partial charge in [-0.15, -0.1) is 0 Å². The number of esters is 3. The lowest BCUT2D eigenvalue weighted by Crippen LogP contribution is -2.14. The topological polar surface area (TPSA) is 148 Å². The quantitative estimate of drug-likeness (QED) is 0.0848. The molecule has 230 valence electrons. The van der Waals surface area contributed by atoms with Crippen molar-refractivity contribution in [3.8, 4) is 11.5 Å². The van der Waals surface area contributed by atoms with E-state index in [4.69, 9.17) is 23.7 Å². The monoisotopic (exact) mass is 638 g/mol. The molecule has 0 saturated heterocycles. The van der Waals surface area contributed by atoms with Crippen LogP contribution in [0.2, 0.25) is 0 Å². The lowest BCUT2D eigenvalue weighted by atomic mass is 10.3. The predicted octanol–water partition coefficient (Wildman–Crippen LogP) is 4.53. The number of nitrogens with zero attached hydrogens (tertiary/aromatic N) is 3. The first-order valence-electron chi connectivity index (χ1n) is 13.1. The third-order valence-corrected chi connectivity index (χ3v) is 6.66. The Kier molecular flexibility index (Phi) is 14.3. The summed E-state index contributed by atoms with van der Waals surface area (Å²) in [4.78, 5) is 49.0. The summed E-state index contributed by atoms with van der Waals surface area (Å²) in [5.41, 5.74) is 0. The standard InChI is InChI=1S/C30H30N4O8S2/c1-4-25(35)40-14-13-31-28-32-29(43-23-11-7-9-21(19-23)38-15-17-41-26(36)5-2)34-30(33-28)44-24-12-8-10-22(20-24)39-16-18-42-27(37)6-3/h4-12,19-20H,1-3,13-18H2,(H,31,32,33,34). The van der Waals surface area contributed by atoms with E-state index < -0.39 is 17.9 Å². The summed E-state index contributed by atoms with van der Waals surface area (Å²) in [6.07, 6.45) is 3.27. The zero-order valence-corrected chi connectivity index (χ0v) is 25.3. The Morgan fingerprint density at radius 2 is 1.11 bits per heavy atom. The molecule has 0 aliphatic heterocycles. The van der Waals surface area contributed by atoms with Crippen molar-refractivity contribution in [2.24, 2.45) is 0 Å². The van der Waals surface area contributed by atoms with Crippen molar-refractivity contribution in [3.05, 3.63) is 86.5 Å². The first-order valence-corrected chi connectivity index (χ1v) is 14.7. The first-order chi connectivity index (χ1) is 21.4. The van der Waals surface area contributed by atoms with Gasteiger partial charge >= 0.3 is 17.9 Å². The van der Waals surface area contributed by atoms with Crippen LogP contribution in [0.15, 0.2) is 107 Å². The summed E-state index contributed by atoms with van der Waals surface area (Å²) in [5, 5.41) is 3.86. The van der Waals surface area contributed by atoms with E-state index in [9.17, 15) is 14.4 Å². The molecule has 0 fully saturated rings. The van der Waals surface area contributed by atoms with Gasteiger partial charge in [0.2, 0.25) is 5.95 Å². The highest BCUT2D eigenvalue weighted by atomic mass is 32.2. The maximum absolute atomic E-state index is 11.4. The van der Waals surface area contributed by atoms with Crippen molar-refractivity contribution in [2.45, 2.75) is 20.1 Å². The van der Waals surface area contributed by atoms with Crippen LogP contribution in [0.4, 0.5) is 5.95 Å². The molecule has 12 nitrogen and oxygen atoms in total. The Bertz CT molecular complexity index is 1380. The van der Waals surface area contributed by atoms with E-state index in [2.05, 4.69) is 40.0 Å². The average Bonchev–Trinajstić information content (AvgIpc) is 3.03. The van der Waals surface area contributed by atoms with Gasteiger partial charge in [-0.1, -0.05) is 31.9 Å². The number of hydrogen-bond acceptors (Lipinski definition) is 14. The van der Waals surface area contributed by atoms with E-state index in [-0.39, 0.29) is 45.5 Å². The normalized spacial score (nSPS) is 10.2. The fraction of sp³-hybridized carbons (Fsp3) is 0.200. The number of hydrogen-bond donors (Lipinski definition) is 1. The number of benzene rings is 2. The van der Waals surface area contributed by atoms with Crippen molar-refractivity contribution in [1.82, 2.24) is 15.0 Å². The van der Waals surface area contributed by atoms with E-state index in [1.165, 1.54) is 23.5 Å². The number of carbonyl (C=O) groups excluding carboxylic acids is 3. The van der Waals surface area contributed by atoms with Gasteiger partial charge in [0.25, 0.3) is 0 Å². The minimum absolute atomic E-state index is 0.0857. The van der Waals surface area contributed by atoms with Gasteiger partial charge in [-0.25, -0.2) is 14.4 Å². The van der Waals surface area contributed by atoms with E-state index in [0.29, 0.717) is 21.8 Å². The van der Waals surface area contributed by atoms with Crippen LogP contribution in [-0.2, 0) is 28.6 Å². The van der Waals surface area contributed by atoms with Gasteiger partial charge in [0.05, 0.1) is 6.54 Å². The number of anilines is 1. The smallest absolute Gasteiger partial charge is 0.330 e. The number of carbonyl (C=O) groups is 3. The molecule has 0 bridgehead atoms. The third-order valence-electron chi connectivity index (χ3n) is 4.95. The van der Waals surface area contributed by atoms with Crippen molar-refractivity contribution in [1.29, 1.82) is 0 Å². The van der Waals surface area contributed by atoms with Crippen molar-refractivity contribution >= 4 is 47.4 Å². The van der Waals surface area contributed by atoms with Crippen LogP contribution in [0.25, 0.3) is 0 Å². The highest BCUT2D eigenvalue weighted by Crippen LogP contribution is 2.32. The van der Waals surface area contributed by atoms with Gasteiger partial charge in [0, 0.05) is 28.0 Å². The molecule has 0 saturated carbocycles. The van der Waals surface area contributed by atoms with Gasteiger partial charge in [-0.3, -0.25) is 0 Å². The van der Waals surface area contributed by atoms with Gasteiger partial charge < -0.3 is 29.0 Å². The Labute approximate surface area is 262 Å². The highest BCUT2D eigenvalue weighted by molar-refractivity contribution is 7.99. The summed E-state index contributed by atoms with van der Waals surface area (Å²) in [6.45, 7) is 11.0. The Balaban J connectivity index is 1.71. The molecular weight excluding hydrogens is 608 g/mol. The van der Waals surface area contributed by atoms with Crippen LogP contribution in [0, 0.1) is 0 Å². The van der Waals surface area contributed by atoms with Crippen LogP contribution in [0.3, 0.4) is 0 Å². The molecule has 0 radical (unpaired) electrons. The molecule has 44 heavy (non-hydrogen) atoms. The van der Waals surface area contributed by atoms with E-state index >= 15 is 0 Å². The molecule has 0 unspecified atom stereocenters. The van der Waals surface area contributed by atoms with Gasteiger partial charge in [0.15, 0.2) is 10.3 Å². The van der Waals surface area contributed by atoms with Crippen LogP contribution in [0.5, 0.6) is 11.5 Å². The molecular formula is C30H30N4O8S2. The van der Waals surface area contributed by atoms with E-state index in [0.717, 1.165) is 28.0 Å². The van der Waals surface area contributed by atoms with Gasteiger partial charge in [0.1, 0.15) is 44.5 Å². The maximum Gasteiger partial charge on any atom is 0.330 e. The van der Waals surface area contributed by atoms with Crippen LogP contribution < -0.4 is 14.8 Å². The van der Waals surface area contributed by atoms with E-state index in [1.807, 2.05) is 36.4 Å². The second-order valence-electron chi connectivity index (χ2n) is 8.12. The SMILES string of the molecule is C=CC(=O)OCCNc1nc(Sc2cccc(OCCOC(=O)C=C)c2)nc(Sc2cccc(OCCOC(=O)C=C)c2)n1. The van der Waals surface area contributed by atoms with Crippen molar-refractivity contribution in [2.75, 3.05) is 44.9 Å². The third kappa shape index (κ3) is 12.6. The number of nitrogens with one attached hydrogen (secondary N) is 1. The number of aromatic nitrogens is 3. The fourth-order valence-corrected chi connectivity index (χ4v) is 4.72.